The predicted molar refractivity (Wildman–Crippen MR) is 112 cm³/mol. The van der Waals surface area contributed by atoms with Crippen LogP contribution in [-0.4, -0.2) is 16.3 Å². The first-order valence-corrected chi connectivity index (χ1v) is 9.32. The first kappa shape index (κ1) is 23.8. The van der Waals surface area contributed by atoms with Crippen LogP contribution < -0.4 is 5.73 Å². The molecule has 2 rings (SSSR count). The molecule has 2 atom stereocenters. The van der Waals surface area contributed by atoms with Crippen molar-refractivity contribution in [3.63, 3.8) is 0 Å². The lowest BCUT2D eigenvalue weighted by molar-refractivity contribution is 0.417. The predicted octanol–water partition coefficient (Wildman–Crippen LogP) is 5.42. The highest BCUT2D eigenvalue weighted by molar-refractivity contribution is 5.51. The fourth-order valence-electron chi connectivity index (χ4n) is 3.13. The molecule has 0 saturated carbocycles. The number of aryl methyl sites for hydroxylation is 1. The van der Waals surface area contributed by atoms with Crippen LogP contribution in [0.2, 0.25) is 0 Å². The van der Waals surface area contributed by atoms with Crippen molar-refractivity contribution >= 4 is 0 Å². The number of phenolic OH excluding ortho intramolecular Hbond substituents is 2. The monoisotopic (exact) mass is 357 g/mol. The highest BCUT2D eigenvalue weighted by Gasteiger charge is 2.27. The number of hydrogen-bond acceptors (Lipinski definition) is 3. The molecule has 26 heavy (non-hydrogen) atoms. The second kappa shape index (κ2) is 13.1. The molecule has 1 aliphatic rings. The molecule has 0 fully saturated rings. The van der Waals surface area contributed by atoms with Gasteiger partial charge in [0.15, 0.2) is 0 Å². The lowest BCUT2D eigenvalue weighted by Crippen LogP contribution is -2.30. The molecule has 3 heteroatoms. The number of aromatic hydroxyl groups is 2. The Bertz CT molecular complexity index is 578. The van der Waals surface area contributed by atoms with Crippen LogP contribution in [0.4, 0.5) is 0 Å². The summed E-state index contributed by atoms with van der Waals surface area (Å²) >= 11 is 0. The summed E-state index contributed by atoms with van der Waals surface area (Å²) in [5.74, 6) is 0.254. The Morgan fingerprint density at radius 3 is 2.27 bits per heavy atom. The largest absolute Gasteiger partial charge is 0.507 e. The average molecular weight is 358 g/mol. The van der Waals surface area contributed by atoms with Crippen LogP contribution in [0, 0.1) is 12.8 Å². The standard InChI is InChI=1S/C18H27NO2.C3H6.C2H2/c1-3-4-5-6-13-10-16(20)18(17(21)11-13)14-9-12(2)7-8-15(14)19;1-3-2;1-2/h9-11,14-15,20-21H,3-8,19H2,1-2H3;3H,1H2,2H3;1-2H/t14?,15-;;/m1../s1. The maximum Gasteiger partial charge on any atom is 0.123 e. The van der Waals surface area contributed by atoms with Crippen molar-refractivity contribution in [2.24, 2.45) is 5.73 Å². The van der Waals surface area contributed by atoms with Gasteiger partial charge in [-0.25, -0.2) is 0 Å². The number of hydrogen-bond donors (Lipinski definition) is 3. The van der Waals surface area contributed by atoms with Crippen LogP contribution in [0.15, 0.2) is 36.4 Å². The van der Waals surface area contributed by atoms with E-state index >= 15 is 0 Å². The Balaban J connectivity index is 0.00000113. The van der Waals surface area contributed by atoms with Gasteiger partial charge in [-0.15, -0.1) is 19.4 Å². The molecule has 0 spiro atoms. The van der Waals surface area contributed by atoms with Gasteiger partial charge in [-0.05, 0) is 57.2 Å². The van der Waals surface area contributed by atoms with Crippen LogP contribution in [0.5, 0.6) is 11.5 Å². The van der Waals surface area contributed by atoms with Crippen molar-refractivity contribution in [3.8, 4) is 24.3 Å². The van der Waals surface area contributed by atoms with E-state index in [1.807, 2.05) is 6.92 Å². The molecular formula is C23H35NO2. The lowest BCUT2D eigenvalue weighted by Gasteiger charge is -2.28. The molecule has 1 aliphatic carbocycles. The highest BCUT2D eigenvalue weighted by Crippen LogP contribution is 2.41. The molecule has 4 N–H and O–H groups in total. The summed E-state index contributed by atoms with van der Waals surface area (Å²) in [7, 11) is 0. The Labute approximate surface area is 159 Å². The van der Waals surface area contributed by atoms with E-state index < -0.39 is 0 Å². The normalized spacial score (nSPS) is 18.5. The van der Waals surface area contributed by atoms with E-state index in [-0.39, 0.29) is 23.5 Å². The third kappa shape index (κ3) is 7.37. The van der Waals surface area contributed by atoms with Crippen LogP contribution in [0.3, 0.4) is 0 Å². The Morgan fingerprint density at radius 1 is 1.23 bits per heavy atom. The number of rotatable bonds is 5. The van der Waals surface area contributed by atoms with Gasteiger partial charge >= 0.3 is 0 Å². The van der Waals surface area contributed by atoms with Gasteiger partial charge in [-0.3, -0.25) is 0 Å². The summed E-state index contributed by atoms with van der Waals surface area (Å²) in [6.45, 7) is 9.49. The van der Waals surface area contributed by atoms with E-state index in [0.29, 0.717) is 5.56 Å². The highest BCUT2D eigenvalue weighted by atomic mass is 16.3. The fourth-order valence-corrected chi connectivity index (χ4v) is 3.13. The molecule has 0 saturated heterocycles. The fraction of sp³-hybridized carbons (Fsp3) is 0.478. The minimum atomic E-state index is -0.0940. The Morgan fingerprint density at radius 2 is 1.77 bits per heavy atom. The van der Waals surface area contributed by atoms with Crippen molar-refractivity contribution in [1.82, 2.24) is 0 Å². The number of allylic oxidation sites excluding steroid dienone is 2. The minimum absolute atomic E-state index is 0.0450. The number of nitrogens with two attached hydrogens (primary N) is 1. The zero-order valence-electron chi connectivity index (χ0n) is 16.5. The van der Waals surface area contributed by atoms with E-state index in [9.17, 15) is 10.2 Å². The Kier molecular flexibility index (Phi) is 12.0. The van der Waals surface area contributed by atoms with Crippen LogP contribution in [0.25, 0.3) is 0 Å². The summed E-state index contributed by atoms with van der Waals surface area (Å²) in [5.41, 5.74) is 9.03. The van der Waals surface area contributed by atoms with E-state index in [2.05, 4.69) is 39.3 Å². The van der Waals surface area contributed by atoms with Crippen LogP contribution >= 0.6 is 0 Å². The van der Waals surface area contributed by atoms with Gasteiger partial charge in [-0.2, -0.15) is 0 Å². The smallest absolute Gasteiger partial charge is 0.123 e. The van der Waals surface area contributed by atoms with Crippen molar-refractivity contribution in [2.75, 3.05) is 0 Å². The van der Waals surface area contributed by atoms with Gasteiger partial charge in [0.05, 0.1) is 0 Å². The zero-order chi connectivity index (χ0) is 20.1. The molecule has 0 aromatic heterocycles. The molecule has 144 valence electrons. The van der Waals surface area contributed by atoms with E-state index in [1.165, 1.54) is 12.0 Å². The van der Waals surface area contributed by atoms with Crippen LogP contribution in [-0.2, 0) is 6.42 Å². The molecule has 0 heterocycles. The average Bonchev–Trinajstić information content (AvgIpc) is 2.60. The maximum atomic E-state index is 10.3. The van der Waals surface area contributed by atoms with Gasteiger partial charge in [-0.1, -0.05) is 37.5 Å². The summed E-state index contributed by atoms with van der Waals surface area (Å²) in [5, 5.41) is 20.7. The molecule has 0 amide bonds. The van der Waals surface area contributed by atoms with E-state index in [4.69, 9.17) is 5.73 Å². The van der Waals surface area contributed by atoms with Gasteiger partial charge in [0, 0.05) is 17.5 Å². The quantitative estimate of drug-likeness (QED) is 0.374. The van der Waals surface area contributed by atoms with Gasteiger partial charge < -0.3 is 15.9 Å². The first-order valence-electron chi connectivity index (χ1n) is 9.32. The number of unbranched alkanes of at least 4 members (excludes halogenated alkanes) is 2. The third-order valence-corrected chi connectivity index (χ3v) is 4.40. The van der Waals surface area contributed by atoms with Crippen molar-refractivity contribution in [1.29, 1.82) is 0 Å². The zero-order valence-corrected chi connectivity index (χ0v) is 16.5. The summed E-state index contributed by atoms with van der Waals surface area (Å²) in [4.78, 5) is 0. The second-order valence-corrected chi connectivity index (χ2v) is 6.65. The molecule has 1 aromatic carbocycles. The third-order valence-electron chi connectivity index (χ3n) is 4.40. The molecular weight excluding hydrogens is 322 g/mol. The molecule has 0 radical (unpaired) electrons. The molecule has 1 unspecified atom stereocenters. The van der Waals surface area contributed by atoms with Crippen molar-refractivity contribution in [3.05, 3.63) is 47.6 Å². The molecule has 1 aromatic rings. The Hall–Kier alpha value is -2.18. The number of phenols is 2. The van der Waals surface area contributed by atoms with Crippen LogP contribution in [0.1, 0.15) is 69.9 Å². The van der Waals surface area contributed by atoms with Gasteiger partial charge in [0.25, 0.3) is 0 Å². The van der Waals surface area contributed by atoms with Gasteiger partial charge in [0.2, 0.25) is 0 Å². The van der Waals surface area contributed by atoms with Gasteiger partial charge in [0.1, 0.15) is 11.5 Å². The SMILES string of the molecule is C#C.C=CC.CCCCCc1cc(O)c(C2C=C(C)CC[C@H]2N)c(O)c1. The summed E-state index contributed by atoms with van der Waals surface area (Å²) < 4.78 is 0. The van der Waals surface area contributed by atoms with Crippen molar-refractivity contribution < 1.29 is 10.2 Å². The lowest BCUT2D eigenvalue weighted by atomic mass is 9.81. The molecule has 0 bridgehead atoms. The first-order chi connectivity index (χ1) is 12.4. The van der Waals surface area contributed by atoms with Crippen molar-refractivity contribution in [2.45, 2.75) is 71.3 Å². The summed E-state index contributed by atoms with van der Waals surface area (Å²) in [6.07, 6.45) is 18.0. The molecule has 0 aliphatic heterocycles. The number of benzene rings is 1. The maximum absolute atomic E-state index is 10.3. The second-order valence-electron chi connectivity index (χ2n) is 6.65. The van der Waals surface area contributed by atoms with E-state index in [0.717, 1.165) is 37.7 Å². The topological polar surface area (TPSA) is 66.5 Å². The molecule has 3 nitrogen and oxygen atoms in total. The minimum Gasteiger partial charge on any atom is -0.507 e. The van der Waals surface area contributed by atoms with E-state index in [1.54, 1.807) is 18.2 Å². The summed E-state index contributed by atoms with van der Waals surface area (Å²) in [6, 6.07) is 3.53. The number of terminal acetylenes is 1.